The first kappa shape index (κ1) is 15.6. The third-order valence-corrected chi connectivity index (χ3v) is 2.94. The maximum atomic E-state index is 13.6. The van der Waals surface area contributed by atoms with E-state index >= 15 is 0 Å². The molecule has 1 heterocycles. The minimum Gasteiger partial charge on any atom is -0.357 e. The van der Waals surface area contributed by atoms with E-state index in [2.05, 4.69) is 15.6 Å². The van der Waals surface area contributed by atoms with Crippen LogP contribution in [0, 0.1) is 11.6 Å². The van der Waals surface area contributed by atoms with Crippen molar-refractivity contribution in [1.82, 2.24) is 15.6 Å². The molecule has 0 saturated heterocycles. The van der Waals surface area contributed by atoms with E-state index in [4.69, 9.17) is 0 Å². The number of carbonyl (C=O) groups excluding carboxylic acids is 2. The van der Waals surface area contributed by atoms with Gasteiger partial charge in [0, 0.05) is 13.1 Å². The monoisotopic (exact) mass is 305 g/mol. The summed E-state index contributed by atoms with van der Waals surface area (Å²) in [6, 6.07) is 8.00. The van der Waals surface area contributed by atoms with E-state index < -0.39 is 35.2 Å². The van der Waals surface area contributed by atoms with Crippen molar-refractivity contribution in [3.8, 4) is 0 Å². The third-order valence-electron chi connectivity index (χ3n) is 2.94. The standard InChI is InChI=1S/C15H13F2N3O2/c1-18-14(21)12(9-5-3-2-4-6-9)20-15(22)13-11(17)7-10(16)8-19-13/h2-8,12H,1H3,(H,18,21)(H,20,22)/t12-/m1/s1. The van der Waals surface area contributed by atoms with E-state index in [1.165, 1.54) is 7.05 Å². The van der Waals surface area contributed by atoms with Gasteiger partial charge in [-0.15, -0.1) is 0 Å². The number of aromatic nitrogens is 1. The smallest absolute Gasteiger partial charge is 0.273 e. The highest BCUT2D eigenvalue weighted by molar-refractivity contribution is 5.96. The van der Waals surface area contributed by atoms with Gasteiger partial charge in [0.2, 0.25) is 5.91 Å². The molecule has 0 spiro atoms. The summed E-state index contributed by atoms with van der Waals surface area (Å²) in [6.45, 7) is 0. The fraction of sp³-hybridized carbons (Fsp3) is 0.133. The maximum Gasteiger partial charge on any atom is 0.273 e. The highest BCUT2D eigenvalue weighted by Gasteiger charge is 2.24. The first-order valence-electron chi connectivity index (χ1n) is 6.41. The SMILES string of the molecule is CNC(=O)[C@H](NC(=O)c1ncc(F)cc1F)c1ccccc1. The molecular weight excluding hydrogens is 292 g/mol. The molecule has 0 bridgehead atoms. The fourth-order valence-corrected chi connectivity index (χ4v) is 1.87. The van der Waals surface area contributed by atoms with Gasteiger partial charge in [-0.3, -0.25) is 9.59 Å². The number of amides is 2. The van der Waals surface area contributed by atoms with Gasteiger partial charge in [-0.25, -0.2) is 13.8 Å². The highest BCUT2D eigenvalue weighted by atomic mass is 19.1. The largest absolute Gasteiger partial charge is 0.357 e. The topological polar surface area (TPSA) is 71.1 Å². The number of likely N-dealkylation sites (N-methyl/N-ethyl adjacent to an activating group) is 1. The minimum atomic E-state index is -1.10. The lowest BCUT2D eigenvalue weighted by Crippen LogP contribution is -2.39. The number of nitrogens with zero attached hydrogens (tertiary/aromatic N) is 1. The molecule has 1 aromatic carbocycles. The van der Waals surface area contributed by atoms with Crippen LogP contribution in [-0.2, 0) is 4.79 Å². The van der Waals surface area contributed by atoms with Crippen LogP contribution >= 0.6 is 0 Å². The molecule has 2 amide bonds. The van der Waals surface area contributed by atoms with Crippen molar-refractivity contribution in [2.75, 3.05) is 7.05 Å². The number of nitrogens with one attached hydrogen (secondary N) is 2. The Morgan fingerprint density at radius 1 is 1.18 bits per heavy atom. The Balaban J connectivity index is 2.27. The summed E-state index contributed by atoms with van der Waals surface area (Å²) in [4.78, 5) is 27.4. The molecule has 0 aliphatic carbocycles. The molecular formula is C15H13F2N3O2. The zero-order valence-electron chi connectivity index (χ0n) is 11.6. The van der Waals surface area contributed by atoms with Gasteiger partial charge in [0.15, 0.2) is 11.5 Å². The van der Waals surface area contributed by atoms with Gasteiger partial charge in [-0.05, 0) is 5.56 Å². The number of pyridine rings is 1. The lowest BCUT2D eigenvalue weighted by Gasteiger charge is -2.17. The lowest BCUT2D eigenvalue weighted by molar-refractivity contribution is -0.122. The van der Waals surface area contributed by atoms with Crippen LogP contribution in [0.15, 0.2) is 42.6 Å². The molecule has 1 atom stereocenters. The van der Waals surface area contributed by atoms with Crippen molar-refractivity contribution in [1.29, 1.82) is 0 Å². The molecule has 0 aliphatic heterocycles. The van der Waals surface area contributed by atoms with Crippen LogP contribution < -0.4 is 10.6 Å². The van der Waals surface area contributed by atoms with Crippen LogP contribution in [-0.4, -0.2) is 23.8 Å². The first-order chi connectivity index (χ1) is 10.5. The number of benzene rings is 1. The predicted molar refractivity (Wildman–Crippen MR) is 74.9 cm³/mol. The van der Waals surface area contributed by atoms with E-state index in [9.17, 15) is 18.4 Å². The number of hydrogen-bond acceptors (Lipinski definition) is 3. The van der Waals surface area contributed by atoms with Crippen LogP contribution in [0.1, 0.15) is 22.1 Å². The number of hydrogen-bond donors (Lipinski definition) is 2. The van der Waals surface area contributed by atoms with E-state index in [0.717, 1.165) is 6.20 Å². The molecule has 0 radical (unpaired) electrons. The third kappa shape index (κ3) is 3.43. The number of rotatable bonds is 4. The molecule has 5 nitrogen and oxygen atoms in total. The first-order valence-corrected chi connectivity index (χ1v) is 6.41. The Labute approximate surface area is 125 Å². The molecule has 0 aliphatic rings. The van der Waals surface area contributed by atoms with E-state index in [-0.39, 0.29) is 0 Å². The summed E-state index contributed by atoms with van der Waals surface area (Å²) in [5.74, 6) is -3.36. The van der Waals surface area contributed by atoms with Crippen molar-refractivity contribution >= 4 is 11.8 Å². The van der Waals surface area contributed by atoms with Gasteiger partial charge < -0.3 is 10.6 Å². The highest BCUT2D eigenvalue weighted by Crippen LogP contribution is 2.14. The summed E-state index contributed by atoms with van der Waals surface area (Å²) >= 11 is 0. The quantitative estimate of drug-likeness (QED) is 0.901. The predicted octanol–water partition coefficient (Wildman–Crippen LogP) is 1.58. The van der Waals surface area contributed by atoms with Crippen molar-refractivity contribution in [2.45, 2.75) is 6.04 Å². The van der Waals surface area contributed by atoms with Gasteiger partial charge in [0.25, 0.3) is 5.91 Å². The number of carbonyl (C=O) groups is 2. The Kier molecular flexibility index (Phi) is 4.77. The zero-order valence-corrected chi connectivity index (χ0v) is 11.6. The van der Waals surface area contributed by atoms with Crippen LogP contribution in [0.5, 0.6) is 0 Å². The molecule has 2 rings (SSSR count). The lowest BCUT2D eigenvalue weighted by atomic mass is 10.1. The summed E-state index contributed by atoms with van der Waals surface area (Å²) < 4.78 is 26.4. The van der Waals surface area contributed by atoms with Gasteiger partial charge in [-0.1, -0.05) is 30.3 Å². The Morgan fingerprint density at radius 2 is 1.86 bits per heavy atom. The molecule has 1 aromatic heterocycles. The van der Waals surface area contributed by atoms with Gasteiger partial charge in [-0.2, -0.15) is 0 Å². The molecule has 22 heavy (non-hydrogen) atoms. The average molecular weight is 305 g/mol. The molecule has 0 fully saturated rings. The zero-order chi connectivity index (χ0) is 16.1. The van der Waals surface area contributed by atoms with Crippen molar-refractivity contribution in [3.05, 3.63) is 65.5 Å². The molecule has 0 saturated carbocycles. The van der Waals surface area contributed by atoms with Crippen LogP contribution in [0.2, 0.25) is 0 Å². The van der Waals surface area contributed by atoms with Crippen LogP contribution in [0.4, 0.5) is 8.78 Å². The van der Waals surface area contributed by atoms with Crippen LogP contribution in [0.25, 0.3) is 0 Å². The van der Waals surface area contributed by atoms with Crippen LogP contribution in [0.3, 0.4) is 0 Å². The molecule has 114 valence electrons. The van der Waals surface area contributed by atoms with Crippen molar-refractivity contribution in [3.63, 3.8) is 0 Å². The summed E-state index contributed by atoms with van der Waals surface area (Å²) in [6.07, 6.45) is 0.732. The normalized spacial score (nSPS) is 11.6. The Bertz CT molecular complexity index is 692. The summed E-state index contributed by atoms with van der Waals surface area (Å²) in [5.41, 5.74) is -0.0519. The maximum absolute atomic E-state index is 13.6. The second-order valence-electron chi connectivity index (χ2n) is 4.42. The summed E-state index contributed by atoms with van der Waals surface area (Å²) in [7, 11) is 1.42. The minimum absolute atomic E-state index is 0.470. The van der Waals surface area contributed by atoms with E-state index in [0.29, 0.717) is 11.6 Å². The van der Waals surface area contributed by atoms with Gasteiger partial charge in [0.1, 0.15) is 11.9 Å². The summed E-state index contributed by atoms with van der Waals surface area (Å²) in [5, 5.41) is 4.80. The fourth-order valence-electron chi connectivity index (χ4n) is 1.87. The second kappa shape index (κ2) is 6.75. The average Bonchev–Trinajstić information content (AvgIpc) is 2.52. The van der Waals surface area contributed by atoms with Gasteiger partial charge in [0.05, 0.1) is 6.20 Å². The molecule has 7 heteroatoms. The van der Waals surface area contributed by atoms with E-state index in [1.807, 2.05) is 0 Å². The molecule has 0 unspecified atom stereocenters. The molecule has 2 aromatic rings. The Morgan fingerprint density at radius 3 is 2.45 bits per heavy atom. The second-order valence-corrected chi connectivity index (χ2v) is 4.42. The van der Waals surface area contributed by atoms with Crippen molar-refractivity contribution in [2.24, 2.45) is 0 Å². The van der Waals surface area contributed by atoms with E-state index in [1.54, 1.807) is 30.3 Å². The Hall–Kier alpha value is -2.83. The van der Waals surface area contributed by atoms with Crippen molar-refractivity contribution < 1.29 is 18.4 Å². The number of halogens is 2. The van der Waals surface area contributed by atoms with Gasteiger partial charge >= 0.3 is 0 Å². The molecule has 2 N–H and O–H groups in total.